The molecule has 0 radical (unpaired) electrons. The number of carbonyl (C=O) groups is 2. The minimum Gasteiger partial charge on any atom is -0.338 e. The molecule has 5 nitrogen and oxygen atoms in total. The van der Waals surface area contributed by atoms with Gasteiger partial charge in [-0.2, -0.15) is 0 Å². The Balaban J connectivity index is 1.73. The van der Waals surface area contributed by atoms with E-state index in [1.54, 1.807) is 24.3 Å². The Hall–Kier alpha value is -2.66. The molecule has 3 N–H and O–H groups in total. The van der Waals surface area contributed by atoms with E-state index in [0.29, 0.717) is 30.9 Å². The monoisotopic (exact) mass is 337 g/mol. The molecular formula is C20H23N3O2. The fourth-order valence-electron chi connectivity index (χ4n) is 3.44. The first-order valence-electron chi connectivity index (χ1n) is 8.50. The highest BCUT2D eigenvalue weighted by Gasteiger charge is 2.35. The normalized spacial score (nSPS) is 19.7. The second kappa shape index (κ2) is 7.49. The second-order valence-electron chi connectivity index (χ2n) is 6.48. The van der Waals surface area contributed by atoms with Crippen LogP contribution in [0.2, 0.25) is 0 Å². The van der Waals surface area contributed by atoms with Gasteiger partial charge >= 0.3 is 0 Å². The van der Waals surface area contributed by atoms with Crippen LogP contribution in [0.5, 0.6) is 0 Å². The lowest BCUT2D eigenvalue weighted by atomic mass is 9.89. The van der Waals surface area contributed by atoms with Gasteiger partial charge in [-0.15, -0.1) is 0 Å². The van der Waals surface area contributed by atoms with Gasteiger partial charge in [0.2, 0.25) is 5.91 Å². The van der Waals surface area contributed by atoms with Crippen LogP contribution in [0.1, 0.15) is 28.8 Å². The first-order chi connectivity index (χ1) is 12.1. The molecule has 2 atom stereocenters. The highest BCUT2D eigenvalue weighted by atomic mass is 16.2. The van der Waals surface area contributed by atoms with E-state index in [4.69, 9.17) is 5.73 Å². The van der Waals surface area contributed by atoms with Crippen molar-refractivity contribution in [3.63, 3.8) is 0 Å². The van der Waals surface area contributed by atoms with Crippen LogP contribution in [-0.4, -0.2) is 36.3 Å². The molecule has 2 aromatic rings. The van der Waals surface area contributed by atoms with E-state index < -0.39 is 0 Å². The van der Waals surface area contributed by atoms with Gasteiger partial charge in [-0.05, 0) is 42.3 Å². The number of hydrogen-bond acceptors (Lipinski definition) is 3. The number of nitrogens with two attached hydrogens (primary N) is 1. The van der Waals surface area contributed by atoms with Gasteiger partial charge in [0, 0.05) is 37.2 Å². The predicted molar refractivity (Wildman–Crippen MR) is 98.4 cm³/mol. The van der Waals surface area contributed by atoms with Crippen LogP contribution in [-0.2, 0) is 4.79 Å². The molecule has 0 aliphatic carbocycles. The fourth-order valence-corrected chi connectivity index (χ4v) is 3.44. The van der Waals surface area contributed by atoms with Crippen LogP contribution >= 0.6 is 0 Å². The van der Waals surface area contributed by atoms with E-state index in [1.165, 1.54) is 12.5 Å². The van der Waals surface area contributed by atoms with E-state index in [2.05, 4.69) is 17.4 Å². The van der Waals surface area contributed by atoms with E-state index in [0.717, 1.165) is 0 Å². The van der Waals surface area contributed by atoms with Crippen molar-refractivity contribution in [2.75, 3.05) is 25.0 Å². The fraction of sp³-hybridized carbons (Fsp3) is 0.300. The summed E-state index contributed by atoms with van der Waals surface area (Å²) < 4.78 is 0. The highest BCUT2D eigenvalue weighted by Crippen LogP contribution is 2.32. The Morgan fingerprint density at radius 2 is 1.76 bits per heavy atom. The van der Waals surface area contributed by atoms with Crippen molar-refractivity contribution in [2.24, 2.45) is 11.7 Å². The molecule has 3 rings (SSSR count). The molecule has 130 valence electrons. The molecule has 25 heavy (non-hydrogen) atoms. The zero-order valence-electron chi connectivity index (χ0n) is 14.3. The van der Waals surface area contributed by atoms with Crippen molar-refractivity contribution in [1.29, 1.82) is 0 Å². The number of nitrogens with zero attached hydrogens (tertiary/aromatic N) is 1. The molecule has 0 bridgehead atoms. The van der Waals surface area contributed by atoms with Gasteiger partial charge in [0.05, 0.1) is 0 Å². The third-order valence-electron chi connectivity index (χ3n) is 4.71. The maximum Gasteiger partial charge on any atom is 0.253 e. The van der Waals surface area contributed by atoms with E-state index in [9.17, 15) is 9.59 Å². The number of rotatable bonds is 4. The topological polar surface area (TPSA) is 75.4 Å². The van der Waals surface area contributed by atoms with E-state index in [-0.39, 0.29) is 23.7 Å². The molecule has 2 aromatic carbocycles. The van der Waals surface area contributed by atoms with Crippen molar-refractivity contribution in [3.8, 4) is 0 Å². The van der Waals surface area contributed by atoms with Gasteiger partial charge in [-0.1, -0.05) is 30.3 Å². The summed E-state index contributed by atoms with van der Waals surface area (Å²) in [5.74, 6) is 0.417. The van der Waals surface area contributed by atoms with Crippen molar-refractivity contribution < 1.29 is 9.59 Å². The smallest absolute Gasteiger partial charge is 0.253 e. The first kappa shape index (κ1) is 17.2. The molecule has 2 amide bonds. The molecule has 1 aliphatic rings. The molecule has 5 heteroatoms. The first-order valence-corrected chi connectivity index (χ1v) is 8.50. The van der Waals surface area contributed by atoms with Gasteiger partial charge in [0.25, 0.3) is 5.91 Å². The van der Waals surface area contributed by atoms with E-state index >= 15 is 0 Å². The Labute approximate surface area is 147 Å². The molecule has 1 fully saturated rings. The van der Waals surface area contributed by atoms with Crippen molar-refractivity contribution in [1.82, 2.24) is 4.90 Å². The zero-order valence-corrected chi connectivity index (χ0v) is 14.3. The molecular weight excluding hydrogens is 314 g/mol. The van der Waals surface area contributed by atoms with Crippen molar-refractivity contribution >= 4 is 17.5 Å². The summed E-state index contributed by atoms with van der Waals surface area (Å²) in [6.45, 7) is 3.37. The van der Waals surface area contributed by atoms with Gasteiger partial charge in [0.1, 0.15) is 0 Å². The summed E-state index contributed by atoms with van der Waals surface area (Å²) in [4.78, 5) is 25.8. The Kier molecular flexibility index (Phi) is 5.14. The Bertz CT molecular complexity index is 743. The highest BCUT2D eigenvalue weighted by molar-refractivity contribution is 5.95. The lowest BCUT2D eigenvalue weighted by Gasteiger charge is -2.17. The summed E-state index contributed by atoms with van der Waals surface area (Å²) in [6.07, 6.45) is 0. The van der Waals surface area contributed by atoms with Crippen LogP contribution in [0.25, 0.3) is 0 Å². The number of nitrogens with one attached hydrogen (secondary N) is 1. The number of anilines is 1. The van der Waals surface area contributed by atoms with Crippen LogP contribution < -0.4 is 11.1 Å². The number of likely N-dealkylation sites (tertiary alicyclic amines) is 1. The maximum atomic E-state index is 12.8. The molecule has 0 aromatic heterocycles. The minimum absolute atomic E-state index is 0.00579. The van der Waals surface area contributed by atoms with Crippen molar-refractivity contribution in [3.05, 3.63) is 65.7 Å². The van der Waals surface area contributed by atoms with Crippen LogP contribution in [0.15, 0.2) is 54.6 Å². The molecule has 0 saturated carbocycles. The maximum absolute atomic E-state index is 12.8. The number of hydrogen-bond donors (Lipinski definition) is 2. The predicted octanol–water partition coefficient (Wildman–Crippen LogP) is 2.46. The standard InChI is InChI=1S/C20H23N3O2/c1-14(24)22-18-9-7-16(8-10-18)20(25)23-12-17(11-21)19(13-23)15-5-3-2-4-6-15/h2-10,17,19H,11-13,21H2,1H3,(H,22,24)/t17-,19+/m1/s1. The Morgan fingerprint density at radius 3 is 2.36 bits per heavy atom. The summed E-state index contributed by atoms with van der Waals surface area (Å²) in [7, 11) is 0. The molecule has 0 unspecified atom stereocenters. The average Bonchev–Trinajstić information content (AvgIpc) is 3.06. The van der Waals surface area contributed by atoms with Crippen LogP contribution in [0, 0.1) is 5.92 Å². The molecule has 1 aliphatic heterocycles. The molecule has 1 saturated heterocycles. The van der Waals surface area contributed by atoms with Crippen molar-refractivity contribution in [2.45, 2.75) is 12.8 Å². The molecule has 1 heterocycles. The lowest BCUT2D eigenvalue weighted by molar-refractivity contribution is -0.114. The zero-order chi connectivity index (χ0) is 17.8. The lowest BCUT2D eigenvalue weighted by Crippen LogP contribution is -2.29. The largest absolute Gasteiger partial charge is 0.338 e. The second-order valence-corrected chi connectivity index (χ2v) is 6.48. The van der Waals surface area contributed by atoms with Gasteiger partial charge in [-0.25, -0.2) is 0 Å². The summed E-state index contributed by atoms with van der Waals surface area (Å²) in [5, 5.41) is 2.70. The SMILES string of the molecule is CC(=O)Nc1ccc(C(=O)N2C[C@@H](CN)[C@H](c3ccccc3)C2)cc1. The summed E-state index contributed by atoms with van der Waals surface area (Å²) in [5.41, 5.74) is 8.49. The third-order valence-corrected chi connectivity index (χ3v) is 4.71. The average molecular weight is 337 g/mol. The van der Waals surface area contributed by atoms with Crippen LogP contribution in [0.3, 0.4) is 0 Å². The van der Waals surface area contributed by atoms with Gasteiger partial charge in [-0.3, -0.25) is 9.59 Å². The van der Waals surface area contributed by atoms with Crippen LogP contribution in [0.4, 0.5) is 5.69 Å². The summed E-state index contributed by atoms with van der Waals surface area (Å²) in [6, 6.07) is 17.2. The van der Waals surface area contributed by atoms with Gasteiger partial charge < -0.3 is 16.0 Å². The van der Waals surface area contributed by atoms with Gasteiger partial charge in [0.15, 0.2) is 0 Å². The minimum atomic E-state index is -0.130. The Morgan fingerprint density at radius 1 is 1.08 bits per heavy atom. The van der Waals surface area contributed by atoms with E-state index in [1.807, 2.05) is 23.1 Å². The summed E-state index contributed by atoms with van der Waals surface area (Å²) >= 11 is 0. The number of carbonyl (C=O) groups excluding carboxylic acids is 2. The third kappa shape index (κ3) is 3.88. The number of benzene rings is 2. The quantitative estimate of drug-likeness (QED) is 0.900. The molecule has 0 spiro atoms. The number of amides is 2.